The van der Waals surface area contributed by atoms with Crippen molar-refractivity contribution in [3.63, 3.8) is 0 Å². The molecule has 0 radical (unpaired) electrons. The van der Waals surface area contributed by atoms with Gasteiger partial charge in [0.25, 0.3) is 0 Å². The lowest BCUT2D eigenvalue weighted by Crippen LogP contribution is -2.38. The lowest BCUT2D eigenvalue weighted by Gasteiger charge is -2.31. The molecule has 0 N–H and O–H groups in total. The topological polar surface area (TPSA) is 66.9 Å². The molecule has 1 aliphatic rings. The predicted molar refractivity (Wildman–Crippen MR) is 87.7 cm³/mol. The van der Waals surface area contributed by atoms with Gasteiger partial charge < -0.3 is 14.5 Å². The molecule has 2 amide bonds. The molecule has 124 valence electrons. The van der Waals surface area contributed by atoms with Crippen LogP contribution < -0.4 is 9.80 Å². The van der Waals surface area contributed by atoms with Crippen molar-refractivity contribution in [2.45, 2.75) is 39.7 Å². The first-order valence-corrected chi connectivity index (χ1v) is 7.70. The molecule has 0 unspecified atom stereocenters. The summed E-state index contributed by atoms with van der Waals surface area (Å²) in [5.41, 5.74) is 1.31. The molecule has 6 heteroatoms. The SMILES string of the molecule is COC(=O)c1cccc(N2CCCC2=O)c1N(C(C)=O)C(C)C. The smallest absolute Gasteiger partial charge is 0.340 e. The Morgan fingerprint density at radius 3 is 2.48 bits per heavy atom. The van der Waals surface area contributed by atoms with Crippen LogP contribution in [0.4, 0.5) is 11.4 Å². The summed E-state index contributed by atoms with van der Waals surface area (Å²) in [4.78, 5) is 39.7. The largest absolute Gasteiger partial charge is 0.465 e. The van der Waals surface area contributed by atoms with Gasteiger partial charge >= 0.3 is 5.97 Å². The molecule has 1 saturated heterocycles. The summed E-state index contributed by atoms with van der Waals surface area (Å²) < 4.78 is 4.85. The van der Waals surface area contributed by atoms with E-state index in [1.807, 2.05) is 13.8 Å². The van der Waals surface area contributed by atoms with Crippen molar-refractivity contribution in [2.24, 2.45) is 0 Å². The number of benzene rings is 1. The van der Waals surface area contributed by atoms with Crippen LogP contribution >= 0.6 is 0 Å². The number of ether oxygens (including phenoxy) is 1. The molecular formula is C17H22N2O4. The Balaban J connectivity index is 2.69. The summed E-state index contributed by atoms with van der Waals surface area (Å²) in [6.45, 7) is 5.76. The average Bonchev–Trinajstić information content (AvgIpc) is 2.92. The Kier molecular flexibility index (Phi) is 5.03. The second-order valence-corrected chi connectivity index (χ2v) is 5.80. The lowest BCUT2D eigenvalue weighted by atomic mass is 10.1. The number of esters is 1. The maximum absolute atomic E-state index is 12.2. The molecule has 1 aliphatic heterocycles. The first-order valence-electron chi connectivity index (χ1n) is 7.70. The van der Waals surface area contributed by atoms with Crippen LogP contribution in [-0.4, -0.2) is 37.5 Å². The Hall–Kier alpha value is -2.37. The Labute approximate surface area is 136 Å². The van der Waals surface area contributed by atoms with Gasteiger partial charge in [-0.05, 0) is 32.4 Å². The fourth-order valence-electron chi connectivity index (χ4n) is 2.96. The summed E-state index contributed by atoms with van der Waals surface area (Å²) >= 11 is 0. The van der Waals surface area contributed by atoms with Crippen LogP contribution in [-0.2, 0) is 14.3 Å². The molecule has 0 atom stereocenters. The predicted octanol–water partition coefficient (Wildman–Crippen LogP) is 2.36. The highest BCUT2D eigenvalue weighted by Gasteiger charge is 2.31. The number of para-hydroxylation sites is 1. The fourth-order valence-corrected chi connectivity index (χ4v) is 2.96. The third-order valence-electron chi connectivity index (χ3n) is 3.88. The Morgan fingerprint density at radius 2 is 2.00 bits per heavy atom. The normalized spacial score (nSPS) is 14.3. The number of carbonyl (C=O) groups is 3. The first kappa shape index (κ1) is 17.0. The van der Waals surface area contributed by atoms with Gasteiger partial charge in [0.1, 0.15) is 0 Å². The minimum absolute atomic E-state index is 0.000485. The molecule has 0 spiro atoms. The van der Waals surface area contributed by atoms with Crippen LogP contribution in [0.2, 0.25) is 0 Å². The minimum atomic E-state index is -0.527. The van der Waals surface area contributed by atoms with Gasteiger partial charge in [-0.1, -0.05) is 6.07 Å². The number of carbonyl (C=O) groups excluding carboxylic acids is 3. The van der Waals surface area contributed by atoms with Crippen molar-refractivity contribution in [2.75, 3.05) is 23.5 Å². The standard InChI is InChI=1S/C17H22N2O4/c1-11(2)19(12(3)20)16-13(17(22)23-4)7-5-8-14(16)18-10-6-9-15(18)21/h5,7-8,11H,6,9-10H2,1-4H3. The van der Waals surface area contributed by atoms with Gasteiger partial charge in [0.2, 0.25) is 11.8 Å². The third kappa shape index (κ3) is 3.21. The van der Waals surface area contributed by atoms with Crippen molar-refractivity contribution in [1.29, 1.82) is 0 Å². The van der Waals surface area contributed by atoms with E-state index in [9.17, 15) is 14.4 Å². The maximum atomic E-state index is 12.2. The molecule has 1 fully saturated rings. The molecule has 0 saturated carbocycles. The molecule has 2 rings (SSSR count). The van der Waals surface area contributed by atoms with Crippen LogP contribution in [0.3, 0.4) is 0 Å². The zero-order valence-corrected chi connectivity index (χ0v) is 14.0. The van der Waals surface area contributed by atoms with Gasteiger partial charge in [-0.3, -0.25) is 9.59 Å². The van der Waals surface area contributed by atoms with Gasteiger partial charge in [0, 0.05) is 25.9 Å². The van der Waals surface area contributed by atoms with Crippen LogP contribution in [0, 0.1) is 0 Å². The lowest BCUT2D eigenvalue weighted by molar-refractivity contribution is -0.118. The number of hydrogen-bond acceptors (Lipinski definition) is 4. The van der Waals surface area contributed by atoms with Gasteiger partial charge in [-0.25, -0.2) is 4.79 Å². The van der Waals surface area contributed by atoms with E-state index in [0.717, 1.165) is 6.42 Å². The molecule has 1 aromatic carbocycles. The highest BCUT2D eigenvalue weighted by molar-refractivity contribution is 6.09. The van der Waals surface area contributed by atoms with E-state index in [4.69, 9.17) is 4.74 Å². The van der Waals surface area contributed by atoms with E-state index < -0.39 is 5.97 Å². The van der Waals surface area contributed by atoms with Crippen LogP contribution in [0.5, 0.6) is 0 Å². The second kappa shape index (κ2) is 6.81. The van der Waals surface area contributed by atoms with Gasteiger partial charge in [-0.2, -0.15) is 0 Å². The van der Waals surface area contributed by atoms with Gasteiger partial charge in [0.05, 0.1) is 24.0 Å². The van der Waals surface area contributed by atoms with Crippen LogP contribution in [0.1, 0.15) is 44.0 Å². The molecule has 0 bridgehead atoms. The highest BCUT2D eigenvalue weighted by atomic mass is 16.5. The van der Waals surface area contributed by atoms with E-state index >= 15 is 0 Å². The number of nitrogens with zero attached hydrogens (tertiary/aromatic N) is 2. The van der Waals surface area contributed by atoms with Crippen LogP contribution in [0.25, 0.3) is 0 Å². The Morgan fingerprint density at radius 1 is 1.30 bits per heavy atom. The van der Waals surface area contributed by atoms with Crippen molar-refractivity contribution in [3.8, 4) is 0 Å². The summed E-state index contributed by atoms with van der Waals surface area (Å²) in [6.07, 6.45) is 1.24. The first-order chi connectivity index (χ1) is 10.9. The number of rotatable bonds is 4. The average molecular weight is 318 g/mol. The number of amides is 2. The molecule has 0 aliphatic carbocycles. The summed E-state index contributed by atoms with van der Waals surface area (Å²) in [5.74, 6) is -0.717. The van der Waals surface area contributed by atoms with E-state index in [1.165, 1.54) is 18.9 Å². The van der Waals surface area contributed by atoms with Crippen molar-refractivity contribution in [3.05, 3.63) is 23.8 Å². The molecular weight excluding hydrogens is 296 g/mol. The number of anilines is 2. The van der Waals surface area contributed by atoms with Gasteiger partial charge in [0.15, 0.2) is 0 Å². The summed E-state index contributed by atoms with van der Waals surface area (Å²) in [5, 5.41) is 0. The monoisotopic (exact) mass is 318 g/mol. The molecule has 1 heterocycles. The Bertz CT molecular complexity index is 639. The van der Waals surface area contributed by atoms with Crippen LogP contribution in [0.15, 0.2) is 18.2 Å². The van der Waals surface area contributed by atoms with Gasteiger partial charge in [-0.15, -0.1) is 0 Å². The van der Waals surface area contributed by atoms with E-state index in [1.54, 1.807) is 23.1 Å². The maximum Gasteiger partial charge on any atom is 0.340 e. The molecule has 0 aromatic heterocycles. The number of hydrogen-bond donors (Lipinski definition) is 0. The summed E-state index contributed by atoms with van der Waals surface area (Å²) in [6, 6.07) is 4.93. The second-order valence-electron chi connectivity index (χ2n) is 5.80. The molecule has 23 heavy (non-hydrogen) atoms. The van der Waals surface area contributed by atoms with E-state index in [2.05, 4.69) is 0 Å². The van der Waals surface area contributed by atoms with Crippen molar-refractivity contribution in [1.82, 2.24) is 0 Å². The zero-order valence-electron chi connectivity index (χ0n) is 14.0. The number of methoxy groups -OCH3 is 1. The molecule has 1 aromatic rings. The van der Waals surface area contributed by atoms with Crippen molar-refractivity contribution >= 4 is 29.2 Å². The van der Waals surface area contributed by atoms with Crippen molar-refractivity contribution < 1.29 is 19.1 Å². The molecule has 6 nitrogen and oxygen atoms in total. The van der Waals surface area contributed by atoms with E-state index in [-0.39, 0.29) is 23.4 Å². The zero-order chi connectivity index (χ0) is 17.1. The third-order valence-corrected chi connectivity index (χ3v) is 3.88. The highest BCUT2D eigenvalue weighted by Crippen LogP contribution is 2.37. The van der Waals surface area contributed by atoms with E-state index in [0.29, 0.717) is 24.3 Å². The quantitative estimate of drug-likeness (QED) is 0.799. The fraction of sp³-hybridized carbons (Fsp3) is 0.471. The minimum Gasteiger partial charge on any atom is -0.465 e. The summed E-state index contributed by atoms with van der Waals surface area (Å²) in [7, 11) is 1.30.